The summed E-state index contributed by atoms with van der Waals surface area (Å²) in [6.07, 6.45) is -3.00. The lowest BCUT2D eigenvalue weighted by Gasteiger charge is -2.33. The molecule has 3 heterocycles. The summed E-state index contributed by atoms with van der Waals surface area (Å²) in [6.45, 7) is 3.05. The molecule has 2 aliphatic rings. The number of aromatic nitrogens is 2. The molecule has 1 N–H and O–H groups in total. The number of benzene rings is 1. The van der Waals surface area contributed by atoms with Gasteiger partial charge in [0.25, 0.3) is 5.91 Å². The highest BCUT2D eigenvalue weighted by atomic mass is 35.5. The molecule has 1 amide bonds. The molecule has 0 saturated carbocycles. The number of halogens is 4. The summed E-state index contributed by atoms with van der Waals surface area (Å²) in [7, 11) is 0. The van der Waals surface area contributed by atoms with Crippen LogP contribution in [0.3, 0.4) is 0 Å². The van der Waals surface area contributed by atoms with Gasteiger partial charge in [-0.05, 0) is 25.3 Å². The fraction of sp³-hybridized carbons (Fsp3) is 0.474. The van der Waals surface area contributed by atoms with Crippen molar-refractivity contribution in [2.45, 2.75) is 44.4 Å². The molecule has 5 nitrogen and oxygen atoms in total. The van der Waals surface area contributed by atoms with E-state index in [1.165, 1.54) is 0 Å². The number of nitrogens with zero attached hydrogens (tertiary/aromatic N) is 3. The average Bonchev–Trinajstić information content (AvgIpc) is 3.29. The van der Waals surface area contributed by atoms with Gasteiger partial charge in [0.1, 0.15) is 10.8 Å². The molecule has 0 aliphatic carbocycles. The zero-order chi connectivity index (χ0) is 20.1. The summed E-state index contributed by atoms with van der Waals surface area (Å²) in [5, 5.41) is 7.01. The van der Waals surface area contributed by atoms with Gasteiger partial charge >= 0.3 is 6.18 Å². The number of hydrogen-bond donors (Lipinski definition) is 1. The SMILES string of the molecule is Cc1ccc([C@H]2C[C@@H](C(F)(F)F)n3nc(C(=O)N4CCCC4)c(Cl)c3N2)cc1. The second-order valence-corrected chi connectivity index (χ2v) is 7.73. The standard InChI is InChI=1S/C19H20ClF3N4O/c1-11-4-6-12(7-5-11)13-10-14(19(21,22)23)27-17(24-13)15(20)16(25-27)18(28)26-8-2-3-9-26/h4-7,13-14,24H,2-3,8-10H2,1H3/t13-,14+/m1/s1. The summed E-state index contributed by atoms with van der Waals surface area (Å²) < 4.78 is 42.2. The first kappa shape index (κ1) is 19.1. The Morgan fingerprint density at radius 3 is 2.46 bits per heavy atom. The first-order valence-electron chi connectivity index (χ1n) is 9.23. The third-order valence-corrected chi connectivity index (χ3v) is 5.73. The van der Waals surface area contributed by atoms with Crippen LogP contribution < -0.4 is 5.32 Å². The van der Waals surface area contributed by atoms with Crippen LogP contribution >= 0.6 is 11.6 Å². The van der Waals surface area contributed by atoms with Crippen LogP contribution in [-0.2, 0) is 0 Å². The van der Waals surface area contributed by atoms with Crippen LogP contribution in [0.15, 0.2) is 24.3 Å². The van der Waals surface area contributed by atoms with E-state index in [0.29, 0.717) is 13.1 Å². The number of anilines is 1. The van der Waals surface area contributed by atoms with Crippen molar-refractivity contribution in [2.75, 3.05) is 18.4 Å². The molecule has 1 fully saturated rings. The van der Waals surface area contributed by atoms with Crippen LogP contribution in [0.1, 0.15) is 53.0 Å². The molecule has 0 bridgehead atoms. The Bertz CT molecular complexity index is 888. The fourth-order valence-corrected chi connectivity index (χ4v) is 4.07. The first-order chi connectivity index (χ1) is 13.3. The highest BCUT2D eigenvalue weighted by Crippen LogP contribution is 2.46. The van der Waals surface area contributed by atoms with Crippen LogP contribution in [0.25, 0.3) is 0 Å². The molecular weight excluding hydrogens is 393 g/mol. The summed E-state index contributed by atoms with van der Waals surface area (Å²) in [4.78, 5) is 14.3. The lowest BCUT2D eigenvalue weighted by atomic mass is 9.96. The minimum Gasteiger partial charge on any atom is -0.362 e. The Kier molecular flexibility index (Phi) is 4.77. The van der Waals surface area contributed by atoms with Crippen LogP contribution in [0, 0.1) is 6.92 Å². The monoisotopic (exact) mass is 412 g/mol. The Labute approximate surface area is 165 Å². The number of rotatable bonds is 2. The van der Waals surface area contributed by atoms with Crippen molar-refractivity contribution < 1.29 is 18.0 Å². The quantitative estimate of drug-likeness (QED) is 0.775. The van der Waals surface area contributed by atoms with Gasteiger partial charge in [-0.25, -0.2) is 4.68 Å². The van der Waals surface area contributed by atoms with Gasteiger partial charge in [0.15, 0.2) is 11.7 Å². The van der Waals surface area contributed by atoms with Gasteiger partial charge in [-0.15, -0.1) is 0 Å². The third-order valence-electron chi connectivity index (χ3n) is 5.37. The second kappa shape index (κ2) is 6.99. The minimum atomic E-state index is -4.51. The number of carbonyl (C=O) groups excluding carboxylic acids is 1. The van der Waals surface area contributed by atoms with Crippen LogP contribution in [0.2, 0.25) is 5.02 Å². The smallest absolute Gasteiger partial charge is 0.362 e. The Morgan fingerprint density at radius 1 is 1.21 bits per heavy atom. The molecule has 2 aliphatic heterocycles. The van der Waals surface area contributed by atoms with E-state index in [1.807, 2.05) is 19.1 Å². The Hall–Kier alpha value is -2.22. The van der Waals surface area contributed by atoms with Gasteiger partial charge in [-0.1, -0.05) is 41.4 Å². The topological polar surface area (TPSA) is 50.2 Å². The van der Waals surface area contributed by atoms with Crippen molar-refractivity contribution in [3.8, 4) is 0 Å². The Morgan fingerprint density at radius 2 is 1.86 bits per heavy atom. The predicted molar refractivity (Wildman–Crippen MR) is 99.6 cm³/mol. The number of nitrogens with one attached hydrogen (secondary N) is 1. The van der Waals surface area contributed by atoms with E-state index in [2.05, 4.69) is 10.4 Å². The molecule has 4 rings (SSSR count). The van der Waals surface area contributed by atoms with E-state index in [-0.39, 0.29) is 23.0 Å². The van der Waals surface area contributed by atoms with Gasteiger partial charge < -0.3 is 10.2 Å². The maximum Gasteiger partial charge on any atom is 0.410 e. The number of amides is 1. The van der Waals surface area contributed by atoms with Gasteiger partial charge in [0.05, 0.1) is 6.04 Å². The van der Waals surface area contributed by atoms with Gasteiger partial charge in [-0.2, -0.15) is 18.3 Å². The van der Waals surface area contributed by atoms with Crippen LogP contribution in [0.4, 0.5) is 19.0 Å². The number of alkyl halides is 3. The zero-order valence-electron chi connectivity index (χ0n) is 15.3. The number of carbonyl (C=O) groups is 1. The van der Waals surface area contributed by atoms with E-state index < -0.39 is 24.2 Å². The number of likely N-dealkylation sites (tertiary alicyclic amines) is 1. The molecule has 0 unspecified atom stereocenters. The second-order valence-electron chi connectivity index (χ2n) is 7.36. The number of hydrogen-bond acceptors (Lipinski definition) is 3. The van der Waals surface area contributed by atoms with Crippen molar-refractivity contribution in [3.05, 3.63) is 46.1 Å². The maximum atomic E-state index is 13.8. The van der Waals surface area contributed by atoms with E-state index in [4.69, 9.17) is 11.6 Å². The van der Waals surface area contributed by atoms with Crippen molar-refractivity contribution in [3.63, 3.8) is 0 Å². The molecular formula is C19H20ClF3N4O. The van der Waals surface area contributed by atoms with Crippen molar-refractivity contribution >= 4 is 23.3 Å². The summed E-state index contributed by atoms with van der Waals surface area (Å²) in [5.74, 6) is -0.373. The van der Waals surface area contributed by atoms with Crippen molar-refractivity contribution in [1.82, 2.24) is 14.7 Å². The van der Waals surface area contributed by atoms with E-state index in [0.717, 1.165) is 28.7 Å². The molecule has 2 aromatic rings. The molecule has 150 valence electrons. The highest BCUT2D eigenvalue weighted by molar-refractivity contribution is 6.36. The minimum absolute atomic E-state index is 0.0448. The van der Waals surface area contributed by atoms with Crippen molar-refractivity contribution in [1.29, 1.82) is 0 Å². The van der Waals surface area contributed by atoms with E-state index in [9.17, 15) is 18.0 Å². The average molecular weight is 413 g/mol. The molecule has 9 heteroatoms. The van der Waals surface area contributed by atoms with Gasteiger partial charge in [0, 0.05) is 19.5 Å². The predicted octanol–water partition coefficient (Wildman–Crippen LogP) is 4.74. The summed E-state index contributed by atoms with van der Waals surface area (Å²) in [5.41, 5.74) is 1.63. The first-order valence-corrected chi connectivity index (χ1v) is 9.60. The van der Waals surface area contributed by atoms with E-state index >= 15 is 0 Å². The summed E-state index contributed by atoms with van der Waals surface area (Å²) >= 11 is 6.35. The highest BCUT2D eigenvalue weighted by Gasteiger charge is 2.48. The van der Waals surface area contributed by atoms with Gasteiger partial charge in [0.2, 0.25) is 0 Å². The molecule has 28 heavy (non-hydrogen) atoms. The lowest BCUT2D eigenvalue weighted by molar-refractivity contribution is -0.173. The Balaban J connectivity index is 1.73. The molecule has 2 atom stereocenters. The van der Waals surface area contributed by atoms with Crippen LogP contribution in [0.5, 0.6) is 0 Å². The maximum absolute atomic E-state index is 13.8. The molecule has 1 saturated heterocycles. The largest absolute Gasteiger partial charge is 0.410 e. The molecule has 1 aromatic heterocycles. The van der Waals surface area contributed by atoms with Gasteiger partial charge in [-0.3, -0.25) is 4.79 Å². The lowest BCUT2D eigenvalue weighted by Crippen LogP contribution is -2.36. The van der Waals surface area contributed by atoms with Crippen LogP contribution in [-0.4, -0.2) is 39.9 Å². The number of fused-ring (bicyclic) bond motifs is 1. The molecule has 0 radical (unpaired) electrons. The molecule has 0 spiro atoms. The van der Waals surface area contributed by atoms with Crippen molar-refractivity contribution in [2.24, 2.45) is 0 Å². The fourth-order valence-electron chi connectivity index (χ4n) is 3.81. The van der Waals surface area contributed by atoms with E-state index in [1.54, 1.807) is 17.0 Å². The third kappa shape index (κ3) is 3.34. The number of aryl methyl sites for hydroxylation is 1. The zero-order valence-corrected chi connectivity index (χ0v) is 16.0. The normalized spacial score (nSPS) is 22.1. The summed E-state index contributed by atoms with van der Waals surface area (Å²) in [6, 6.07) is 4.88. The molecule has 1 aromatic carbocycles.